The lowest BCUT2D eigenvalue weighted by atomic mass is 9.88. The molecule has 0 spiro atoms. The van der Waals surface area contributed by atoms with Gasteiger partial charge >= 0.3 is 5.97 Å². The second kappa shape index (κ2) is 5.46. The lowest BCUT2D eigenvalue weighted by molar-refractivity contribution is -0.170. The summed E-state index contributed by atoms with van der Waals surface area (Å²) in [7, 11) is 0. The first-order valence-electron chi connectivity index (χ1n) is 6.37. The van der Waals surface area contributed by atoms with E-state index < -0.39 is 23.1 Å². The number of aliphatic carboxylic acids is 1. The fourth-order valence-electron chi connectivity index (χ4n) is 2.15. The van der Waals surface area contributed by atoms with E-state index in [1.165, 1.54) is 13.8 Å². The summed E-state index contributed by atoms with van der Waals surface area (Å²) in [6.45, 7) is 7.29. The molecule has 1 rings (SSSR count). The summed E-state index contributed by atoms with van der Waals surface area (Å²) in [5.41, 5.74) is -1.62. The molecule has 0 aliphatic carbocycles. The molecule has 1 fully saturated rings. The van der Waals surface area contributed by atoms with Gasteiger partial charge in [-0.05, 0) is 27.7 Å². The summed E-state index contributed by atoms with van der Waals surface area (Å²) >= 11 is 0. The van der Waals surface area contributed by atoms with E-state index in [9.17, 15) is 14.7 Å². The minimum absolute atomic E-state index is 0.0590. The van der Waals surface area contributed by atoms with E-state index in [0.29, 0.717) is 13.1 Å². The number of morpholine rings is 1. The Labute approximate surface area is 113 Å². The maximum absolute atomic E-state index is 12.2. The summed E-state index contributed by atoms with van der Waals surface area (Å²) in [6, 6.07) is 0. The SMILES string of the molecule is CC1(C)CN(C(=O)CC(C)(C)C(=O)O)CC(CO)O1. The zero-order chi connectivity index (χ0) is 14.8. The van der Waals surface area contributed by atoms with Crippen molar-refractivity contribution < 1.29 is 24.5 Å². The van der Waals surface area contributed by atoms with Gasteiger partial charge in [0.25, 0.3) is 0 Å². The molecule has 1 aliphatic rings. The van der Waals surface area contributed by atoms with Crippen molar-refractivity contribution in [1.82, 2.24) is 4.90 Å². The number of amides is 1. The van der Waals surface area contributed by atoms with Crippen LogP contribution in [0.15, 0.2) is 0 Å². The summed E-state index contributed by atoms with van der Waals surface area (Å²) in [5.74, 6) is -1.21. The first kappa shape index (κ1) is 15.9. The van der Waals surface area contributed by atoms with Gasteiger partial charge in [0.2, 0.25) is 5.91 Å². The van der Waals surface area contributed by atoms with Gasteiger partial charge in [0, 0.05) is 19.5 Å². The zero-order valence-corrected chi connectivity index (χ0v) is 12.0. The van der Waals surface area contributed by atoms with E-state index in [-0.39, 0.29) is 18.9 Å². The number of carbonyl (C=O) groups is 2. The molecule has 1 unspecified atom stereocenters. The molecule has 0 aromatic heterocycles. The Kier molecular flexibility index (Phi) is 4.58. The average molecular weight is 273 g/mol. The van der Waals surface area contributed by atoms with Gasteiger partial charge in [0.05, 0.1) is 23.7 Å². The molecule has 1 saturated heterocycles. The van der Waals surface area contributed by atoms with Crippen molar-refractivity contribution in [3.8, 4) is 0 Å². The first-order chi connectivity index (χ1) is 8.57. The molecule has 6 nitrogen and oxygen atoms in total. The molecule has 1 amide bonds. The van der Waals surface area contributed by atoms with Crippen LogP contribution >= 0.6 is 0 Å². The molecular formula is C13H23NO5. The molecule has 110 valence electrons. The number of hydrogen-bond acceptors (Lipinski definition) is 4. The van der Waals surface area contributed by atoms with Crippen molar-refractivity contribution in [1.29, 1.82) is 0 Å². The van der Waals surface area contributed by atoms with Crippen molar-refractivity contribution in [2.75, 3.05) is 19.7 Å². The van der Waals surface area contributed by atoms with Crippen molar-refractivity contribution in [3.05, 3.63) is 0 Å². The Bertz CT molecular complexity index is 364. The molecule has 0 aromatic rings. The van der Waals surface area contributed by atoms with E-state index >= 15 is 0 Å². The molecule has 0 bridgehead atoms. The third kappa shape index (κ3) is 4.18. The van der Waals surface area contributed by atoms with E-state index in [0.717, 1.165) is 0 Å². The standard InChI is InChI=1S/C13H23NO5/c1-12(2,11(17)18)5-10(16)14-6-9(7-15)19-13(3,4)8-14/h9,15H,5-8H2,1-4H3,(H,17,18). The topological polar surface area (TPSA) is 87.1 Å². The van der Waals surface area contributed by atoms with Crippen LogP contribution in [-0.2, 0) is 14.3 Å². The molecule has 6 heteroatoms. The maximum atomic E-state index is 12.2. The monoisotopic (exact) mass is 273 g/mol. The van der Waals surface area contributed by atoms with Gasteiger partial charge < -0.3 is 19.8 Å². The van der Waals surface area contributed by atoms with Gasteiger partial charge in [0.15, 0.2) is 0 Å². The Hall–Kier alpha value is -1.14. The number of hydrogen-bond donors (Lipinski definition) is 2. The third-order valence-electron chi connectivity index (χ3n) is 3.21. The highest BCUT2D eigenvalue weighted by Crippen LogP contribution is 2.26. The molecule has 19 heavy (non-hydrogen) atoms. The number of aliphatic hydroxyl groups is 1. The number of carbonyl (C=O) groups excluding carboxylic acids is 1. The Morgan fingerprint density at radius 2 is 2.00 bits per heavy atom. The number of nitrogens with zero attached hydrogens (tertiary/aromatic N) is 1. The normalized spacial score (nSPS) is 23.2. The van der Waals surface area contributed by atoms with Crippen LogP contribution in [0.5, 0.6) is 0 Å². The van der Waals surface area contributed by atoms with Crippen LogP contribution in [0.1, 0.15) is 34.1 Å². The highest BCUT2D eigenvalue weighted by atomic mass is 16.5. The first-order valence-corrected chi connectivity index (χ1v) is 6.37. The van der Waals surface area contributed by atoms with Crippen molar-refractivity contribution in [2.45, 2.75) is 45.8 Å². The number of carboxylic acids is 1. The van der Waals surface area contributed by atoms with Gasteiger partial charge in [-0.3, -0.25) is 9.59 Å². The lowest BCUT2D eigenvalue weighted by Gasteiger charge is -2.42. The average Bonchev–Trinajstić information content (AvgIpc) is 2.25. The second-order valence-corrected chi connectivity index (χ2v) is 6.32. The predicted octanol–water partition coefficient (Wildman–Crippen LogP) is 0.486. The van der Waals surface area contributed by atoms with Crippen LogP contribution in [0.2, 0.25) is 0 Å². The van der Waals surface area contributed by atoms with Gasteiger partial charge in [-0.15, -0.1) is 0 Å². The molecule has 0 radical (unpaired) electrons. The van der Waals surface area contributed by atoms with Crippen LogP contribution in [0.3, 0.4) is 0 Å². The maximum Gasteiger partial charge on any atom is 0.309 e. The Morgan fingerprint density at radius 3 is 2.47 bits per heavy atom. The highest BCUT2D eigenvalue weighted by Gasteiger charge is 2.38. The molecule has 1 heterocycles. The molecule has 1 aliphatic heterocycles. The molecule has 1 atom stereocenters. The smallest absolute Gasteiger partial charge is 0.309 e. The predicted molar refractivity (Wildman–Crippen MR) is 68.7 cm³/mol. The largest absolute Gasteiger partial charge is 0.481 e. The number of aliphatic hydroxyl groups excluding tert-OH is 1. The van der Waals surface area contributed by atoms with E-state index in [1.54, 1.807) is 4.90 Å². The summed E-state index contributed by atoms with van der Waals surface area (Å²) in [4.78, 5) is 24.8. The van der Waals surface area contributed by atoms with Gasteiger partial charge in [-0.2, -0.15) is 0 Å². The third-order valence-corrected chi connectivity index (χ3v) is 3.21. The fourth-order valence-corrected chi connectivity index (χ4v) is 2.15. The fraction of sp³-hybridized carbons (Fsp3) is 0.846. The van der Waals surface area contributed by atoms with Crippen molar-refractivity contribution >= 4 is 11.9 Å². The molecule has 2 N–H and O–H groups in total. The van der Waals surface area contributed by atoms with Crippen LogP contribution in [0.25, 0.3) is 0 Å². The molecular weight excluding hydrogens is 250 g/mol. The van der Waals surface area contributed by atoms with Crippen LogP contribution < -0.4 is 0 Å². The quantitative estimate of drug-likeness (QED) is 0.778. The summed E-state index contributed by atoms with van der Waals surface area (Å²) in [6.07, 6.45) is -0.475. The number of ether oxygens (including phenoxy) is 1. The van der Waals surface area contributed by atoms with Crippen molar-refractivity contribution in [3.63, 3.8) is 0 Å². The van der Waals surface area contributed by atoms with Gasteiger partial charge in [-0.25, -0.2) is 0 Å². The minimum Gasteiger partial charge on any atom is -0.481 e. The summed E-state index contributed by atoms with van der Waals surface area (Å²) in [5, 5.41) is 18.2. The van der Waals surface area contributed by atoms with Crippen LogP contribution in [0.4, 0.5) is 0 Å². The minimum atomic E-state index is -1.09. The lowest BCUT2D eigenvalue weighted by Crippen LogP contribution is -2.56. The van der Waals surface area contributed by atoms with Crippen LogP contribution in [-0.4, -0.2) is 58.4 Å². The van der Waals surface area contributed by atoms with E-state index in [1.807, 2.05) is 13.8 Å². The van der Waals surface area contributed by atoms with Gasteiger partial charge in [-0.1, -0.05) is 0 Å². The molecule has 0 aromatic carbocycles. The second-order valence-electron chi connectivity index (χ2n) is 6.32. The van der Waals surface area contributed by atoms with E-state index in [2.05, 4.69) is 0 Å². The Morgan fingerprint density at radius 1 is 1.42 bits per heavy atom. The Balaban J connectivity index is 2.74. The van der Waals surface area contributed by atoms with E-state index in [4.69, 9.17) is 9.84 Å². The van der Waals surface area contributed by atoms with Gasteiger partial charge in [0.1, 0.15) is 0 Å². The number of carboxylic acid groups (broad SMARTS) is 1. The highest BCUT2D eigenvalue weighted by molar-refractivity contribution is 5.84. The molecule has 0 saturated carbocycles. The number of rotatable bonds is 4. The van der Waals surface area contributed by atoms with Crippen molar-refractivity contribution in [2.24, 2.45) is 5.41 Å². The summed E-state index contributed by atoms with van der Waals surface area (Å²) < 4.78 is 5.62. The van der Waals surface area contributed by atoms with Crippen LogP contribution in [0, 0.1) is 5.41 Å². The zero-order valence-electron chi connectivity index (χ0n) is 12.0.